The van der Waals surface area contributed by atoms with Gasteiger partial charge in [-0.3, -0.25) is 14.3 Å². The van der Waals surface area contributed by atoms with Crippen molar-refractivity contribution in [3.05, 3.63) is 53.3 Å². The number of carboxylic acid groups (broad SMARTS) is 1. The number of carbonyl (C=O) groups is 2. The molecular weight excluding hydrogens is 363 g/mol. The summed E-state index contributed by atoms with van der Waals surface area (Å²) in [6, 6.07) is 8.37. The monoisotopic (exact) mass is 383 g/mol. The number of benzene rings is 1. The fraction of sp³-hybridized carbons (Fsp3) is 0.389. The van der Waals surface area contributed by atoms with Crippen LogP contribution in [0.25, 0.3) is 0 Å². The quantitative estimate of drug-likeness (QED) is 0.734. The fourth-order valence-corrected chi connectivity index (χ4v) is 2.64. The lowest BCUT2D eigenvalue weighted by Gasteiger charge is -2.18. The second kappa shape index (κ2) is 8.70. The Bertz CT molecular complexity index is 788. The summed E-state index contributed by atoms with van der Waals surface area (Å²) in [5.74, 6) is -1.97. The minimum atomic E-state index is -4.76. The molecule has 0 fully saturated rings. The summed E-state index contributed by atoms with van der Waals surface area (Å²) in [6.45, 7) is 1.79. The summed E-state index contributed by atoms with van der Waals surface area (Å²) in [4.78, 5) is 23.3. The van der Waals surface area contributed by atoms with E-state index < -0.39 is 35.4 Å². The Morgan fingerprint density at radius 1 is 1.26 bits per heavy atom. The van der Waals surface area contributed by atoms with E-state index in [4.69, 9.17) is 5.11 Å². The molecule has 1 aromatic heterocycles. The molecule has 1 unspecified atom stereocenters. The van der Waals surface area contributed by atoms with Crippen molar-refractivity contribution < 1.29 is 27.9 Å². The number of halogens is 3. The molecule has 1 amide bonds. The summed E-state index contributed by atoms with van der Waals surface area (Å²) >= 11 is 0. The van der Waals surface area contributed by atoms with Gasteiger partial charge in [-0.25, -0.2) is 0 Å². The van der Waals surface area contributed by atoms with Crippen LogP contribution in [0.1, 0.15) is 41.4 Å². The van der Waals surface area contributed by atoms with Gasteiger partial charge < -0.3 is 10.4 Å². The lowest BCUT2D eigenvalue weighted by Crippen LogP contribution is -2.37. The zero-order valence-electron chi connectivity index (χ0n) is 14.7. The third kappa shape index (κ3) is 5.83. The Balaban J connectivity index is 2.22. The van der Waals surface area contributed by atoms with Crippen molar-refractivity contribution in [2.75, 3.05) is 0 Å². The minimum Gasteiger partial charge on any atom is -0.481 e. The maximum atomic E-state index is 13.2. The molecule has 146 valence electrons. The van der Waals surface area contributed by atoms with Crippen LogP contribution in [0.3, 0.4) is 0 Å². The lowest BCUT2D eigenvalue weighted by molar-refractivity contribution is -0.141. The van der Waals surface area contributed by atoms with Gasteiger partial charge in [-0.15, -0.1) is 0 Å². The van der Waals surface area contributed by atoms with Gasteiger partial charge in [0.15, 0.2) is 5.69 Å². The van der Waals surface area contributed by atoms with Gasteiger partial charge in [0.25, 0.3) is 5.91 Å². The number of aliphatic carboxylic acids is 1. The topological polar surface area (TPSA) is 84.2 Å². The maximum Gasteiger partial charge on any atom is 0.435 e. The van der Waals surface area contributed by atoms with Gasteiger partial charge in [-0.1, -0.05) is 30.3 Å². The summed E-state index contributed by atoms with van der Waals surface area (Å²) in [5, 5.41) is 14.8. The van der Waals surface area contributed by atoms with Crippen LogP contribution in [0.15, 0.2) is 36.5 Å². The normalized spacial score (nSPS) is 12.6. The van der Waals surface area contributed by atoms with Gasteiger partial charge in [0, 0.05) is 25.2 Å². The van der Waals surface area contributed by atoms with Crippen molar-refractivity contribution in [3.63, 3.8) is 0 Å². The number of aromatic nitrogens is 2. The average Bonchev–Trinajstić information content (AvgIpc) is 3.05. The average molecular weight is 383 g/mol. The molecule has 0 spiro atoms. The standard InChI is InChI=1S/C18H20F3N3O3/c1-2-24-11-14(16(23-24)18(19,20)21)17(27)22-13(8-9-15(25)26)10-12-6-4-3-5-7-12/h3-7,11,13H,2,8-10H2,1H3,(H,22,27)(H,25,26). The second-order valence-electron chi connectivity index (χ2n) is 6.04. The number of carbonyl (C=O) groups excluding carboxylic acids is 1. The zero-order valence-corrected chi connectivity index (χ0v) is 14.7. The van der Waals surface area contributed by atoms with Crippen molar-refractivity contribution in [1.82, 2.24) is 15.1 Å². The number of amides is 1. The molecule has 0 bridgehead atoms. The van der Waals surface area contributed by atoms with E-state index in [1.165, 1.54) is 0 Å². The molecule has 0 aliphatic rings. The summed E-state index contributed by atoms with van der Waals surface area (Å²) in [6.07, 6.45) is -3.52. The van der Waals surface area contributed by atoms with E-state index in [0.29, 0.717) is 6.42 Å². The molecule has 2 rings (SSSR count). The SMILES string of the molecule is CCn1cc(C(=O)NC(CCC(=O)O)Cc2ccccc2)c(C(F)(F)F)n1. The Hall–Kier alpha value is -2.84. The molecule has 1 aromatic carbocycles. The van der Waals surface area contributed by atoms with Crippen LogP contribution in [0.2, 0.25) is 0 Å². The summed E-state index contributed by atoms with van der Waals surface area (Å²) < 4.78 is 40.5. The van der Waals surface area contributed by atoms with Crippen molar-refractivity contribution >= 4 is 11.9 Å². The maximum absolute atomic E-state index is 13.2. The van der Waals surface area contributed by atoms with Gasteiger partial charge in [-0.2, -0.15) is 18.3 Å². The van der Waals surface area contributed by atoms with Gasteiger partial charge in [0.1, 0.15) is 0 Å². The molecule has 2 N–H and O–H groups in total. The van der Waals surface area contributed by atoms with Crippen LogP contribution in [-0.4, -0.2) is 32.8 Å². The van der Waals surface area contributed by atoms with Crippen LogP contribution in [0.4, 0.5) is 13.2 Å². The fourth-order valence-electron chi connectivity index (χ4n) is 2.64. The Kier molecular flexibility index (Phi) is 6.59. The molecule has 0 saturated heterocycles. The molecule has 0 radical (unpaired) electrons. The van der Waals surface area contributed by atoms with Crippen LogP contribution >= 0.6 is 0 Å². The number of carboxylic acids is 1. The zero-order chi connectivity index (χ0) is 20.0. The summed E-state index contributed by atoms with van der Waals surface area (Å²) in [7, 11) is 0. The molecule has 2 aromatic rings. The van der Waals surface area contributed by atoms with Crippen molar-refractivity contribution in [3.8, 4) is 0 Å². The van der Waals surface area contributed by atoms with E-state index in [-0.39, 0.29) is 19.4 Å². The number of hydrogen-bond donors (Lipinski definition) is 2. The largest absolute Gasteiger partial charge is 0.481 e. The van der Waals surface area contributed by atoms with E-state index in [0.717, 1.165) is 16.4 Å². The van der Waals surface area contributed by atoms with Crippen molar-refractivity contribution in [2.45, 2.75) is 44.9 Å². The van der Waals surface area contributed by atoms with Crippen LogP contribution in [0.5, 0.6) is 0 Å². The first-order valence-electron chi connectivity index (χ1n) is 8.42. The number of alkyl halides is 3. The highest BCUT2D eigenvalue weighted by Gasteiger charge is 2.39. The number of aryl methyl sites for hydroxylation is 1. The number of rotatable bonds is 8. The van der Waals surface area contributed by atoms with Gasteiger partial charge in [0.2, 0.25) is 0 Å². The van der Waals surface area contributed by atoms with E-state index in [9.17, 15) is 22.8 Å². The first-order valence-corrected chi connectivity index (χ1v) is 8.42. The highest BCUT2D eigenvalue weighted by molar-refractivity contribution is 5.95. The molecule has 0 saturated carbocycles. The smallest absolute Gasteiger partial charge is 0.435 e. The Morgan fingerprint density at radius 3 is 2.48 bits per heavy atom. The van der Waals surface area contributed by atoms with Crippen molar-refractivity contribution in [2.24, 2.45) is 0 Å². The van der Waals surface area contributed by atoms with Crippen LogP contribution in [-0.2, 0) is 23.9 Å². The van der Waals surface area contributed by atoms with E-state index in [2.05, 4.69) is 10.4 Å². The molecule has 9 heteroatoms. The highest BCUT2D eigenvalue weighted by atomic mass is 19.4. The van der Waals surface area contributed by atoms with Gasteiger partial charge in [-0.05, 0) is 25.3 Å². The predicted molar refractivity (Wildman–Crippen MR) is 91.2 cm³/mol. The molecule has 1 atom stereocenters. The lowest BCUT2D eigenvalue weighted by atomic mass is 10.0. The Labute approximate surface area is 154 Å². The van der Waals surface area contributed by atoms with Crippen LogP contribution in [0, 0.1) is 0 Å². The van der Waals surface area contributed by atoms with Gasteiger partial charge in [0.05, 0.1) is 5.56 Å². The third-order valence-corrected chi connectivity index (χ3v) is 3.97. The van der Waals surface area contributed by atoms with Gasteiger partial charge >= 0.3 is 12.1 Å². The van der Waals surface area contributed by atoms with E-state index in [1.54, 1.807) is 31.2 Å². The minimum absolute atomic E-state index is 0.0965. The third-order valence-electron chi connectivity index (χ3n) is 3.97. The van der Waals surface area contributed by atoms with Crippen LogP contribution < -0.4 is 5.32 Å². The molecular formula is C18H20F3N3O3. The number of hydrogen-bond acceptors (Lipinski definition) is 3. The first kappa shape index (κ1) is 20.5. The van der Waals surface area contributed by atoms with E-state index >= 15 is 0 Å². The second-order valence-corrected chi connectivity index (χ2v) is 6.04. The highest BCUT2D eigenvalue weighted by Crippen LogP contribution is 2.30. The Morgan fingerprint density at radius 2 is 1.93 bits per heavy atom. The number of nitrogens with zero attached hydrogens (tertiary/aromatic N) is 2. The molecule has 27 heavy (non-hydrogen) atoms. The molecule has 6 nitrogen and oxygen atoms in total. The first-order chi connectivity index (χ1) is 12.7. The molecule has 0 aliphatic heterocycles. The predicted octanol–water partition coefficient (Wildman–Crippen LogP) is 3.13. The summed E-state index contributed by atoms with van der Waals surface area (Å²) in [5.41, 5.74) is -0.982. The molecule has 1 heterocycles. The van der Waals surface area contributed by atoms with Crippen molar-refractivity contribution in [1.29, 1.82) is 0 Å². The molecule has 0 aliphatic carbocycles. The van der Waals surface area contributed by atoms with E-state index in [1.807, 2.05) is 6.07 Å². The number of nitrogens with one attached hydrogen (secondary N) is 1.